The Morgan fingerprint density at radius 1 is 1.38 bits per heavy atom. The fourth-order valence-electron chi connectivity index (χ4n) is 1.51. The first kappa shape index (κ1) is 12.6. The summed E-state index contributed by atoms with van der Waals surface area (Å²) in [6, 6.07) is 3.27. The van der Waals surface area contributed by atoms with E-state index in [1.165, 1.54) is 6.07 Å². The molecule has 0 saturated heterocycles. The van der Waals surface area contributed by atoms with Gasteiger partial charge in [-0.1, -0.05) is 19.1 Å². The van der Waals surface area contributed by atoms with Crippen LogP contribution in [0.2, 0.25) is 0 Å². The Morgan fingerprint density at radius 2 is 2.06 bits per heavy atom. The third-order valence-electron chi connectivity index (χ3n) is 2.45. The van der Waals surface area contributed by atoms with E-state index >= 15 is 0 Å². The molecule has 0 spiro atoms. The number of ketones is 1. The molecule has 0 atom stereocenters. The number of benzene rings is 1. The van der Waals surface area contributed by atoms with Crippen molar-refractivity contribution in [3.05, 3.63) is 47.0 Å². The van der Waals surface area contributed by atoms with Crippen molar-refractivity contribution in [1.82, 2.24) is 0 Å². The molecule has 16 heavy (non-hydrogen) atoms. The van der Waals surface area contributed by atoms with Crippen LogP contribution in [0.5, 0.6) is 0 Å². The van der Waals surface area contributed by atoms with Gasteiger partial charge >= 0.3 is 0 Å². The van der Waals surface area contributed by atoms with Gasteiger partial charge in [-0.25, -0.2) is 8.78 Å². The second-order valence-corrected chi connectivity index (χ2v) is 3.50. The average Bonchev–Trinajstić information content (AvgIpc) is 2.24. The van der Waals surface area contributed by atoms with Gasteiger partial charge in [0, 0.05) is 12.5 Å². The lowest BCUT2D eigenvalue weighted by atomic mass is 10.0. The molecule has 0 saturated carbocycles. The summed E-state index contributed by atoms with van der Waals surface area (Å²) < 4.78 is 25.9. The minimum Gasteiger partial charge on any atom is -0.294 e. The number of halogens is 2. The van der Waals surface area contributed by atoms with Crippen LogP contribution in [0.1, 0.15) is 25.8 Å². The molecular formula is C13H14F2O. The Labute approximate surface area is 93.8 Å². The number of hydrogen-bond donors (Lipinski definition) is 0. The summed E-state index contributed by atoms with van der Waals surface area (Å²) in [7, 11) is 0. The molecule has 0 N–H and O–H groups in total. The van der Waals surface area contributed by atoms with E-state index in [2.05, 4.69) is 0 Å². The molecule has 0 radical (unpaired) electrons. The standard InChI is InChI=1S/C13H14F2O/c1-3-9(4-2)13(16)7-10-5-6-11(14)8-12(10)15/h3,5-6,8H,4,7H2,1-2H3/b9-3-. The Bertz CT molecular complexity index is 422. The maximum absolute atomic E-state index is 13.3. The predicted molar refractivity (Wildman–Crippen MR) is 59.1 cm³/mol. The first-order valence-corrected chi connectivity index (χ1v) is 5.20. The highest BCUT2D eigenvalue weighted by atomic mass is 19.1. The van der Waals surface area contributed by atoms with Gasteiger partial charge in [0.1, 0.15) is 11.6 Å². The Hall–Kier alpha value is -1.51. The quantitative estimate of drug-likeness (QED) is 0.716. The molecule has 0 aliphatic rings. The molecule has 0 unspecified atom stereocenters. The molecule has 0 heterocycles. The molecule has 3 heteroatoms. The van der Waals surface area contributed by atoms with Gasteiger partial charge in [0.25, 0.3) is 0 Å². The minimum absolute atomic E-state index is 0.0143. The van der Waals surface area contributed by atoms with Gasteiger partial charge in [-0.2, -0.15) is 0 Å². The molecule has 1 aromatic rings. The zero-order valence-corrected chi connectivity index (χ0v) is 9.39. The molecule has 0 aliphatic carbocycles. The molecule has 1 aromatic carbocycles. The van der Waals surface area contributed by atoms with Crippen LogP contribution >= 0.6 is 0 Å². The highest BCUT2D eigenvalue weighted by Crippen LogP contribution is 2.13. The minimum atomic E-state index is -0.667. The number of allylic oxidation sites excluding steroid dienone is 2. The van der Waals surface area contributed by atoms with Gasteiger partial charge in [-0.15, -0.1) is 0 Å². The normalized spacial score (nSPS) is 11.6. The fourth-order valence-corrected chi connectivity index (χ4v) is 1.51. The molecule has 1 nitrogen and oxygen atoms in total. The van der Waals surface area contributed by atoms with E-state index in [1.54, 1.807) is 13.0 Å². The average molecular weight is 224 g/mol. The summed E-state index contributed by atoms with van der Waals surface area (Å²) in [5, 5.41) is 0. The van der Waals surface area contributed by atoms with E-state index < -0.39 is 11.6 Å². The van der Waals surface area contributed by atoms with Crippen LogP contribution in [0.25, 0.3) is 0 Å². The SMILES string of the molecule is C/C=C(/CC)C(=O)Cc1ccc(F)cc1F. The van der Waals surface area contributed by atoms with Crippen molar-refractivity contribution in [3.8, 4) is 0 Å². The van der Waals surface area contributed by atoms with E-state index in [4.69, 9.17) is 0 Å². The van der Waals surface area contributed by atoms with Crippen LogP contribution in [-0.4, -0.2) is 5.78 Å². The van der Waals surface area contributed by atoms with Crippen molar-refractivity contribution in [2.75, 3.05) is 0 Å². The van der Waals surface area contributed by atoms with Crippen molar-refractivity contribution in [2.24, 2.45) is 0 Å². The molecule has 0 bridgehead atoms. The van der Waals surface area contributed by atoms with E-state index in [0.717, 1.165) is 12.1 Å². The molecule has 0 aromatic heterocycles. The highest BCUT2D eigenvalue weighted by molar-refractivity contribution is 5.96. The van der Waals surface area contributed by atoms with Crippen LogP contribution < -0.4 is 0 Å². The topological polar surface area (TPSA) is 17.1 Å². The van der Waals surface area contributed by atoms with Gasteiger partial charge in [-0.3, -0.25) is 4.79 Å². The lowest BCUT2D eigenvalue weighted by Crippen LogP contribution is -2.07. The van der Waals surface area contributed by atoms with Crippen molar-refractivity contribution >= 4 is 5.78 Å². The third-order valence-corrected chi connectivity index (χ3v) is 2.45. The molecule has 86 valence electrons. The summed E-state index contributed by atoms with van der Waals surface area (Å²) in [6.45, 7) is 3.64. The van der Waals surface area contributed by atoms with Crippen molar-refractivity contribution in [1.29, 1.82) is 0 Å². The number of Topliss-reactive ketones (excluding diaryl/α,β-unsaturated/α-hetero) is 1. The first-order chi connectivity index (χ1) is 7.58. The van der Waals surface area contributed by atoms with Crippen LogP contribution in [0, 0.1) is 11.6 Å². The van der Waals surface area contributed by atoms with Gasteiger partial charge in [0.05, 0.1) is 0 Å². The lowest BCUT2D eigenvalue weighted by Gasteiger charge is -2.04. The van der Waals surface area contributed by atoms with E-state index in [9.17, 15) is 13.6 Å². The van der Waals surface area contributed by atoms with Gasteiger partial charge < -0.3 is 0 Å². The number of hydrogen-bond acceptors (Lipinski definition) is 1. The highest BCUT2D eigenvalue weighted by Gasteiger charge is 2.11. The zero-order chi connectivity index (χ0) is 12.1. The maximum atomic E-state index is 13.3. The molecule has 0 fully saturated rings. The Kier molecular flexibility index (Phi) is 4.35. The van der Waals surface area contributed by atoms with E-state index in [0.29, 0.717) is 12.0 Å². The number of rotatable bonds is 4. The first-order valence-electron chi connectivity index (χ1n) is 5.20. The van der Waals surface area contributed by atoms with Crippen LogP contribution in [0.4, 0.5) is 8.78 Å². The number of carbonyl (C=O) groups is 1. The number of carbonyl (C=O) groups excluding carboxylic acids is 1. The Balaban J connectivity index is 2.85. The van der Waals surface area contributed by atoms with E-state index in [-0.39, 0.29) is 17.8 Å². The fraction of sp³-hybridized carbons (Fsp3) is 0.308. The van der Waals surface area contributed by atoms with Gasteiger partial charge in [0.15, 0.2) is 5.78 Å². The molecule has 0 amide bonds. The van der Waals surface area contributed by atoms with Crippen molar-refractivity contribution in [2.45, 2.75) is 26.7 Å². The summed E-state index contributed by atoms with van der Waals surface area (Å²) in [6.07, 6.45) is 2.33. The summed E-state index contributed by atoms with van der Waals surface area (Å²) in [5.74, 6) is -1.41. The monoisotopic (exact) mass is 224 g/mol. The van der Waals surface area contributed by atoms with Crippen LogP contribution in [-0.2, 0) is 11.2 Å². The van der Waals surface area contributed by atoms with Crippen molar-refractivity contribution in [3.63, 3.8) is 0 Å². The summed E-state index contributed by atoms with van der Waals surface area (Å²) in [5.41, 5.74) is 0.905. The van der Waals surface area contributed by atoms with Crippen molar-refractivity contribution < 1.29 is 13.6 Å². The van der Waals surface area contributed by atoms with E-state index in [1.807, 2.05) is 6.92 Å². The Morgan fingerprint density at radius 3 is 2.56 bits per heavy atom. The maximum Gasteiger partial charge on any atom is 0.162 e. The van der Waals surface area contributed by atoms with Gasteiger partial charge in [0.2, 0.25) is 0 Å². The molecular weight excluding hydrogens is 210 g/mol. The summed E-state index contributed by atoms with van der Waals surface area (Å²) in [4.78, 5) is 11.7. The summed E-state index contributed by atoms with van der Waals surface area (Å²) >= 11 is 0. The second kappa shape index (κ2) is 5.54. The molecule has 1 rings (SSSR count). The predicted octanol–water partition coefficient (Wildman–Crippen LogP) is 3.43. The van der Waals surface area contributed by atoms with Gasteiger partial charge in [-0.05, 0) is 30.5 Å². The second-order valence-electron chi connectivity index (χ2n) is 3.50. The zero-order valence-electron chi connectivity index (χ0n) is 9.39. The molecule has 0 aliphatic heterocycles. The third kappa shape index (κ3) is 2.99. The lowest BCUT2D eigenvalue weighted by molar-refractivity contribution is -0.115. The van der Waals surface area contributed by atoms with Crippen LogP contribution in [0.15, 0.2) is 29.8 Å². The largest absolute Gasteiger partial charge is 0.294 e. The smallest absolute Gasteiger partial charge is 0.162 e. The van der Waals surface area contributed by atoms with Crippen LogP contribution in [0.3, 0.4) is 0 Å².